The molecule has 1 heterocycles. The second-order valence-corrected chi connectivity index (χ2v) is 6.23. The first-order valence-corrected chi connectivity index (χ1v) is 9.03. The van der Waals surface area contributed by atoms with E-state index in [0.717, 1.165) is 18.5 Å². The van der Waals surface area contributed by atoms with Gasteiger partial charge in [-0.05, 0) is 49.7 Å². The monoisotopic (exact) mass is 360 g/mol. The lowest BCUT2D eigenvalue weighted by Gasteiger charge is -2.26. The van der Waals surface area contributed by atoms with Gasteiger partial charge in [-0.2, -0.15) is 0 Å². The van der Waals surface area contributed by atoms with Crippen LogP contribution in [0.1, 0.15) is 24.8 Å². The van der Waals surface area contributed by atoms with E-state index < -0.39 is 4.92 Å². The Morgan fingerprint density at radius 2 is 2.12 bits per heavy atom. The van der Waals surface area contributed by atoms with Crippen LogP contribution in [0.3, 0.4) is 0 Å². The third-order valence-electron chi connectivity index (χ3n) is 4.18. The van der Waals surface area contributed by atoms with Crippen molar-refractivity contribution in [3.63, 3.8) is 0 Å². The third-order valence-corrected chi connectivity index (χ3v) is 4.18. The van der Waals surface area contributed by atoms with Crippen molar-refractivity contribution in [3.05, 3.63) is 64.1 Å². The molecule has 0 amide bonds. The lowest BCUT2D eigenvalue weighted by molar-refractivity contribution is -0.404. The second kappa shape index (κ2) is 11.1. The fraction of sp³-hybridized carbons (Fsp3) is 0.474. The average Bonchev–Trinajstić information content (AvgIpc) is 2.64. The van der Waals surface area contributed by atoms with Crippen molar-refractivity contribution >= 4 is 0 Å². The van der Waals surface area contributed by atoms with Gasteiger partial charge in [-0.25, -0.2) is 0 Å². The largest absolute Gasteiger partial charge is 0.490 e. The Morgan fingerprint density at radius 3 is 2.85 bits per heavy atom. The zero-order valence-electron chi connectivity index (χ0n) is 15.3. The first-order valence-electron chi connectivity index (χ1n) is 9.03. The van der Waals surface area contributed by atoms with Gasteiger partial charge >= 0.3 is 0 Å². The lowest BCUT2D eigenvalue weighted by Crippen LogP contribution is -2.29. The number of rotatable bonds is 10. The Morgan fingerprint density at radius 1 is 1.31 bits per heavy atom. The van der Waals surface area contributed by atoms with E-state index in [1.165, 1.54) is 37.9 Å². The quantitative estimate of drug-likeness (QED) is 0.379. The summed E-state index contributed by atoms with van der Waals surface area (Å²) in [6.07, 6.45) is 8.60. The summed E-state index contributed by atoms with van der Waals surface area (Å²) >= 11 is 0. The second-order valence-electron chi connectivity index (χ2n) is 6.23. The van der Waals surface area contributed by atoms with Gasteiger partial charge in [0.2, 0.25) is 0 Å². The molecule has 1 aliphatic rings. The Balaban J connectivity index is 1.72. The van der Waals surface area contributed by atoms with Gasteiger partial charge in [0, 0.05) is 20.1 Å². The summed E-state index contributed by atoms with van der Waals surface area (Å²) in [4.78, 5) is 12.4. The molecular formula is C19H28N4O3. The van der Waals surface area contributed by atoms with Crippen LogP contribution < -0.4 is 15.4 Å². The maximum Gasteiger partial charge on any atom is 0.274 e. The van der Waals surface area contributed by atoms with Crippen LogP contribution in [0.4, 0.5) is 0 Å². The molecule has 1 saturated heterocycles. The molecule has 1 aromatic carbocycles. The van der Waals surface area contributed by atoms with Crippen molar-refractivity contribution < 1.29 is 9.66 Å². The summed E-state index contributed by atoms with van der Waals surface area (Å²) in [5, 5.41) is 16.1. The van der Waals surface area contributed by atoms with Crippen LogP contribution in [0.25, 0.3) is 0 Å². The Bertz CT molecular complexity index is 625. The van der Waals surface area contributed by atoms with E-state index >= 15 is 0 Å². The number of nitrogens with one attached hydrogen (secondary N) is 2. The lowest BCUT2D eigenvalue weighted by atomic mass is 10.1. The first kappa shape index (κ1) is 19.8. The SMILES string of the molecule is CNC(=C[N+](=O)[O-])NCC=CCOc1cccc(CN2CCCCC2)c1. The molecule has 0 aliphatic carbocycles. The van der Waals surface area contributed by atoms with Crippen LogP contribution >= 0.6 is 0 Å². The van der Waals surface area contributed by atoms with Crippen LogP contribution in [-0.4, -0.2) is 43.1 Å². The van der Waals surface area contributed by atoms with E-state index in [1.54, 1.807) is 7.05 Å². The molecule has 142 valence electrons. The maximum absolute atomic E-state index is 10.4. The smallest absolute Gasteiger partial charge is 0.274 e. The number of nitro groups is 1. The zero-order chi connectivity index (χ0) is 18.6. The number of likely N-dealkylation sites (tertiary alicyclic amines) is 1. The highest BCUT2D eigenvalue weighted by molar-refractivity contribution is 5.28. The van der Waals surface area contributed by atoms with Crippen molar-refractivity contribution in [2.24, 2.45) is 0 Å². The fourth-order valence-electron chi connectivity index (χ4n) is 2.88. The number of hydrogen-bond acceptors (Lipinski definition) is 6. The van der Waals surface area contributed by atoms with Gasteiger partial charge in [0.1, 0.15) is 12.4 Å². The van der Waals surface area contributed by atoms with Gasteiger partial charge in [0.15, 0.2) is 5.82 Å². The molecule has 0 aromatic heterocycles. The first-order chi connectivity index (χ1) is 12.7. The summed E-state index contributed by atoms with van der Waals surface area (Å²) in [6.45, 7) is 4.29. The van der Waals surface area contributed by atoms with Crippen LogP contribution in [0.15, 0.2) is 48.4 Å². The van der Waals surface area contributed by atoms with E-state index in [0.29, 0.717) is 19.0 Å². The molecule has 1 aliphatic heterocycles. The van der Waals surface area contributed by atoms with E-state index in [-0.39, 0.29) is 0 Å². The Hall–Kier alpha value is -2.54. The van der Waals surface area contributed by atoms with Gasteiger partial charge in [-0.15, -0.1) is 0 Å². The third kappa shape index (κ3) is 7.57. The zero-order valence-corrected chi connectivity index (χ0v) is 15.3. The fourth-order valence-corrected chi connectivity index (χ4v) is 2.88. The topological polar surface area (TPSA) is 79.7 Å². The predicted octanol–water partition coefficient (Wildman–Crippen LogP) is 2.49. The van der Waals surface area contributed by atoms with Gasteiger partial charge in [0.05, 0.1) is 4.92 Å². The van der Waals surface area contributed by atoms with Crippen LogP contribution in [0, 0.1) is 10.1 Å². The summed E-state index contributed by atoms with van der Waals surface area (Å²) in [5.74, 6) is 1.23. The normalized spacial score (nSPS) is 15.8. The molecular weight excluding hydrogens is 332 g/mol. The number of benzene rings is 1. The maximum atomic E-state index is 10.4. The standard InChI is InChI=1S/C19H28N4O3/c1-20-19(16-23(24)25)21-10-3-6-13-26-18-9-7-8-17(14-18)15-22-11-4-2-5-12-22/h3,6-9,14,16,20-21H,2,4-5,10-13,15H2,1H3. The van der Waals surface area contributed by atoms with Crippen LogP contribution in [0.5, 0.6) is 5.75 Å². The molecule has 7 heteroatoms. The molecule has 0 unspecified atom stereocenters. The number of ether oxygens (including phenoxy) is 1. The molecule has 1 fully saturated rings. The van der Waals surface area contributed by atoms with Gasteiger partial charge in [-0.1, -0.05) is 24.6 Å². The van der Waals surface area contributed by atoms with Crippen molar-refractivity contribution in [1.29, 1.82) is 0 Å². The predicted molar refractivity (Wildman–Crippen MR) is 102 cm³/mol. The van der Waals surface area contributed by atoms with Crippen molar-refractivity contribution in [1.82, 2.24) is 15.5 Å². The molecule has 2 N–H and O–H groups in total. The Labute approximate surface area is 154 Å². The van der Waals surface area contributed by atoms with E-state index in [1.807, 2.05) is 24.3 Å². The number of hydrogen-bond donors (Lipinski definition) is 2. The van der Waals surface area contributed by atoms with Crippen LogP contribution in [0.2, 0.25) is 0 Å². The highest BCUT2D eigenvalue weighted by Crippen LogP contribution is 2.17. The minimum atomic E-state index is -0.497. The van der Waals surface area contributed by atoms with Crippen LogP contribution in [-0.2, 0) is 6.54 Å². The van der Waals surface area contributed by atoms with E-state index in [4.69, 9.17) is 4.74 Å². The van der Waals surface area contributed by atoms with Gasteiger partial charge in [0.25, 0.3) is 6.20 Å². The van der Waals surface area contributed by atoms with Crippen molar-refractivity contribution in [2.75, 3.05) is 33.3 Å². The van der Waals surface area contributed by atoms with Gasteiger partial charge < -0.3 is 15.4 Å². The number of nitrogens with zero attached hydrogens (tertiary/aromatic N) is 2. The molecule has 0 bridgehead atoms. The molecule has 2 rings (SSSR count). The summed E-state index contributed by atoms with van der Waals surface area (Å²) in [6, 6.07) is 8.23. The van der Waals surface area contributed by atoms with E-state index in [2.05, 4.69) is 27.7 Å². The summed E-state index contributed by atoms with van der Waals surface area (Å²) in [7, 11) is 1.63. The highest BCUT2D eigenvalue weighted by Gasteiger charge is 2.10. The van der Waals surface area contributed by atoms with Crippen molar-refractivity contribution in [2.45, 2.75) is 25.8 Å². The minimum absolute atomic E-state index is 0.367. The molecule has 1 aromatic rings. The molecule has 0 atom stereocenters. The number of piperidine rings is 1. The summed E-state index contributed by atoms with van der Waals surface area (Å²) < 4.78 is 5.76. The minimum Gasteiger partial charge on any atom is -0.490 e. The molecule has 26 heavy (non-hydrogen) atoms. The Kier molecular flexibility index (Phi) is 8.48. The molecule has 0 spiro atoms. The average molecular weight is 360 g/mol. The molecule has 7 nitrogen and oxygen atoms in total. The van der Waals surface area contributed by atoms with Gasteiger partial charge in [-0.3, -0.25) is 15.0 Å². The molecule has 0 radical (unpaired) electrons. The van der Waals surface area contributed by atoms with E-state index in [9.17, 15) is 10.1 Å². The van der Waals surface area contributed by atoms with Crippen molar-refractivity contribution in [3.8, 4) is 5.75 Å². The highest BCUT2D eigenvalue weighted by atomic mass is 16.6. The molecule has 0 saturated carbocycles. The summed E-state index contributed by atoms with van der Waals surface area (Å²) in [5.41, 5.74) is 1.28.